The molecule has 0 aliphatic heterocycles. The highest BCUT2D eigenvalue weighted by molar-refractivity contribution is 6.05. The van der Waals surface area contributed by atoms with Crippen LogP contribution in [0.4, 0.5) is 14.5 Å². The highest BCUT2D eigenvalue weighted by Gasteiger charge is 2.18. The second kappa shape index (κ2) is 8.39. The van der Waals surface area contributed by atoms with Crippen LogP contribution < -0.4 is 10.1 Å². The van der Waals surface area contributed by atoms with Crippen LogP contribution in [0.15, 0.2) is 60.7 Å². The number of halogens is 2. The summed E-state index contributed by atoms with van der Waals surface area (Å²) in [7, 11) is 0. The molecular weight excluding hydrogens is 400 g/mol. The van der Waals surface area contributed by atoms with Gasteiger partial charge in [0, 0.05) is 6.07 Å². The van der Waals surface area contributed by atoms with Gasteiger partial charge in [-0.3, -0.25) is 4.79 Å². The number of nitrogens with one attached hydrogen (secondary N) is 1. The number of anilines is 1. The van der Waals surface area contributed by atoms with Crippen LogP contribution in [-0.4, -0.2) is 28.1 Å². The number of rotatable bonds is 6. The van der Waals surface area contributed by atoms with Gasteiger partial charge in [-0.15, -0.1) is 0 Å². The lowest BCUT2D eigenvalue weighted by atomic mass is 10.1. The van der Waals surface area contributed by atoms with Gasteiger partial charge in [0.15, 0.2) is 5.75 Å². The maximum Gasteiger partial charge on any atom is 0.336 e. The number of carbonyl (C=O) groups is 3. The highest BCUT2D eigenvalue weighted by atomic mass is 19.1. The van der Waals surface area contributed by atoms with Crippen molar-refractivity contribution in [2.24, 2.45) is 0 Å². The summed E-state index contributed by atoms with van der Waals surface area (Å²) in [6.45, 7) is 0. The van der Waals surface area contributed by atoms with Crippen molar-refractivity contribution < 1.29 is 38.1 Å². The molecule has 1 amide bonds. The Morgan fingerprint density at radius 1 is 0.800 bits per heavy atom. The Hall–Kier alpha value is -4.27. The van der Waals surface area contributed by atoms with Crippen LogP contribution in [0.3, 0.4) is 0 Å². The first-order chi connectivity index (χ1) is 14.3. The van der Waals surface area contributed by atoms with Crippen molar-refractivity contribution in [2.75, 3.05) is 5.32 Å². The molecule has 0 fully saturated rings. The number of aromatic carboxylic acids is 2. The molecular formula is C21H13F2NO6. The van der Waals surface area contributed by atoms with Crippen LogP contribution >= 0.6 is 0 Å². The fourth-order valence-electron chi connectivity index (χ4n) is 2.60. The van der Waals surface area contributed by atoms with Crippen LogP contribution in [0.2, 0.25) is 0 Å². The van der Waals surface area contributed by atoms with E-state index in [0.717, 1.165) is 24.3 Å². The smallest absolute Gasteiger partial charge is 0.336 e. The zero-order valence-electron chi connectivity index (χ0n) is 15.1. The molecule has 7 nitrogen and oxygen atoms in total. The van der Waals surface area contributed by atoms with Gasteiger partial charge in [-0.25, -0.2) is 18.4 Å². The molecule has 0 saturated carbocycles. The number of amides is 1. The van der Waals surface area contributed by atoms with Gasteiger partial charge in [0.1, 0.15) is 17.4 Å². The Balaban J connectivity index is 1.89. The van der Waals surface area contributed by atoms with Gasteiger partial charge in [-0.1, -0.05) is 12.1 Å². The molecule has 0 saturated heterocycles. The summed E-state index contributed by atoms with van der Waals surface area (Å²) >= 11 is 0. The van der Waals surface area contributed by atoms with Gasteiger partial charge in [0.25, 0.3) is 5.91 Å². The van der Waals surface area contributed by atoms with E-state index in [1.165, 1.54) is 18.2 Å². The quantitative estimate of drug-likeness (QED) is 0.552. The molecule has 0 radical (unpaired) electrons. The third kappa shape index (κ3) is 4.41. The van der Waals surface area contributed by atoms with Gasteiger partial charge in [-0.2, -0.15) is 0 Å². The van der Waals surface area contributed by atoms with E-state index in [4.69, 9.17) is 9.84 Å². The van der Waals surface area contributed by atoms with Crippen LogP contribution in [0.25, 0.3) is 0 Å². The van der Waals surface area contributed by atoms with E-state index >= 15 is 0 Å². The van der Waals surface area contributed by atoms with E-state index in [2.05, 4.69) is 5.32 Å². The Labute approximate surface area is 168 Å². The molecule has 0 aromatic heterocycles. The number of carboxylic acid groups (broad SMARTS) is 2. The number of hydrogen-bond donors (Lipinski definition) is 3. The minimum Gasteiger partial charge on any atom is -0.478 e. The topological polar surface area (TPSA) is 113 Å². The molecule has 0 unspecified atom stereocenters. The van der Waals surface area contributed by atoms with E-state index in [-0.39, 0.29) is 22.7 Å². The molecule has 0 aliphatic rings. The minimum atomic E-state index is -1.45. The highest BCUT2D eigenvalue weighted by Crippen LogP contribution is 2.31. The van der Waals surface area contributed by atoms with Crippen molar-refractivity contribution in [1.82, 2.24) is 0 Å². The second-order valence-corrected chi connectivity index (χ2v) is 5.99. The summed E-state index contributed by atoms with van der Waals surface area (Å²) in [5.74, 6) is -5.48. The predicted molar refractivity (Wildman–Crippen MR) is 101 cm³/mol. The van der Waals surface area contributed by atoms with Crippen molar-refractivity contribution in [3.8, 4) is 11.5 Å². The van der Waals surface area contributed by atoms with Gasteiger partial charge in [-0.05, 0) is 42.5 Å². The largest absolute Gasteiger partial charge is 0.478 e. The lowest BCUT2D eigenvalue weighted by Crippen LogP contribution is -2.14. The Bertz CT molecular complexity index is 1160. The third-order valence-electron chi connectivity index (χ3n) is 3.99. The van der Waals surface area contributed by atoms with Crippen LogP contribution in [0, 0.1) is 11.6 Å². The number of hydrogen-bond acceptors (Lipinski definition) is 4. The van der Waals surface area contributed by atoms with E-state index < -0.39 is 40.6 Å². The molecule has 3 N–H and O–H groups in total. The van der Waals surface area contributed by atoms with Gasteiger partial charge < -0.3 is 20.3 Å². The average molecular weight is 413 g/mol. The molecule has 0 atom stereocenters. The molecule has 152 valence electrons. The predicted octanol–water partition coefficient (Wildman–Crippen LogP) is 4.41. The Kier molecular flexibility index (Phi) is 5.73. The second-order valence-electron chi connectivity index (χ2n) is 5.99. The first-order valence-corrected chi connectivity index (χ1v) is 8.40. The zero-order chi connectivity index (χ0) is 21.8. The first kappa shape index (κ1) is 20.5. The molecule has 3 aromatic rings. The Morgan fingerprint density at radius 3 is 2.13 bits per heavy atom. The normalized spacial score (nSPS) is 10.3. The number of carboxylic acids is 2. The average Bonchev–Trinajstić information content (AvgIpc) is 2.69. The zero-order valence-corrected chi connectivity index (χ0v) is 15.1. The standard InChI is InChI=1S/C21H13F2NO6/c22-11-5-7-14(16(23)9-11)19(25)24-17-3-1-2-4-18(17)30-12-6-8-13(20(26)27)15(10-12)21(28)29/h1-10H,(H,24,25)(H,26,27)(H,28,29). The summed E-state index contributed by atoms with van der Waals surface area (Å²) in [5, 5.41) is 20.7. The molecule has 3 rings (SSSR count). The lowest BCUT2D eigenvalue weighted by molar-refractivity contribution is 0.0651. The van der Waals surface area contributed by atoms with E-state index in [1.807, 2.05) is 0 Å². The number of carbonyl (C=O) groups excluding carboxylic acids is 1. The number of ether oxygens (including phenoxy) is 1. The molecule has 0 spiro atoms. The lowest BCUT2D eigenvalue weighted by Gasteiger charge is -2.13. The fraction of sp³-hybridized carbons (Fsp3) is 0. The minimum absolute atomic E-state index is 0.00654. The summed E-state index contributed by atoms with van der Waals surface area (Å²) in [4.78, 5) is 34.8. The molecule has 0 aliphatic carbocycles. The summed E-state index contributed by atoms with van der Waals surface area (Å²) < 4.78 is 32.5. The maximum absolute atomic E-state index is 13.8. The maximum atomic E-state index is 13.8. The first-order valence-electron chi connectivity index (χ1n) is 8.40. The van der Waals surface area contributed by atoms with Gasteiger partial charge in [0.2, 0.25) is 0 Å². The van der Waals surface area contributed by atoms with Crippen LogP contribution in [-0.2, 0) is 0 Å². The van der Waals surface area contributed by atoms with Crippen LogP contribution in [0.5, 0.6) is 11.5 Å². The molecule has 0 heterocycles. The van der Waals surface area contributed by atoms with Crippen molar-refractivity contribution >= 4 is 23.5 Å². The summed E-state index contributed by atoms with van der Waals surface area (Å²) in [6.07, 6.45) is 0. The monoisotopic (exact) mass is 413 g/mol. The van der Waals surface area contributed by atoms with E-state index in [9.17, 15) is 28.3 Å². The molecule has 9 heteroatoms. The van der Waals surface area contributed by atoms with Crippen molar-refractivity contribution in [1.29, 1.82) is 0 Å². The SMILES string of the molecule is O=C(Nc1ccccc1Oc1ccc(C(=O)O)c(C(=O)O)c1)c1ccc(F)cc1F. The van der Waals surface area contributed by atoms with Gasteiger partial charge in [0.05, 0.1) is 22.4 Å². The fourth-order valence-corrected chi connectivity index (χ4v) is 2.60. The van der Waals surface area contributed by atoms with Crippen molar-refractivity contribution in [2.45, 2.75) is 0 Å². The summed E-state index contributed by atoms with van der Waals surface area (Å²) in [5.41, 5.74) is -1.14. The number of para-hydroxylation sites is 2. The van der Waals surface area contributed by atoms with Crippen LogP contribution in [0.1, 0.15) is 31.1 Å². The van der Waals surface area contributed by atoms with Crippen molar-refractivity contribution in [3.05, 3.63) is 89.0 Å². The molecule has 30 heavy (non-hydrogen) atoms. The third-order valence-corrected chi connectivity index (χ3v) is 3.99. The Morgan fingerprint density at radius 2 is 1.47 bits per heavy atom. The number of benzene rings is 3. The molecule has 0 bridgehead atoms. The van der Waals surface area contributed by atoms with E-state index in [0.29, 0.717) is 6.07 Å². The van der Waals surface area contributed by atoms with E-state index in [1.54, 1.807) is 12.1 Å². The van der Waals surface area contributed by atoms with Gasteiger partial charge >= 0.3 is 11.9 Å². The van der Waals surface area contributed by atoms with Crippen molar-refractivity contribution in [3.63, 3.8) is 0 Å². The summed E-state index contributed by atoms with van der Waals surface area (Å²) in [6, 6.07) is 11.9. The molecule has 3 aromatic carbocycles.